The fourth-order valence-corrected chi connectivity index (χ4v) is 2.34. The summed E-state index contributed by atoms with van der Waals surface area (Å²) in [7, 11) is 1.86. The zero-order valence-corrected chi connectivity index (χ0v) is 11.4. The van der Waals surface area contributed by atoms with Crippen molar-refractivity contribution in [1.29, 1.82) is 5.26 Å². The Balaban J connectivity index is 1.97. The molecule has 1 amide bonds. The Kier molecular flexibility index (Phi) is 4.26. The summed E-state index contributed by atoms with van der Waals surface area (Å²) in [5, 5.41) is 10.6. The first-order chi connectivity index (χ1) is 9.19. The molecule has 0 atom stereocenters. The van der Waals surface area contributed by atoms with Crippen LogP contribution in [0.15, 0.2) is 40.8 Å². The third-order valence-electron chi connectivity index (χ3n) is 2.69. The van der Waals surface area contributed by atoms with Crippen LogP contribution in [0, 0.1) is 11.3 Å². The highest BCUT2D eigenvalue weighted by molar-refractivity contribution is 7.07. The fourth-order valence-electron chi connectivity index (χ4n) is 1.59. The summed E-state index contributed by atoms with van der Waals surface area (Å²) in [6.45, 7) is 0. The Hall–Kier alpha value is -2.19. The van der Waals surface area contributed by atoms with Crippen molar-refractivity contribution in [1.82, 2.24) is 4.57 Å². The van der Waals surface area contributed by atoms with Gasteiger partial charge in [-0.2, -0.15) is 10.3 Å². The first-order valence-corrected chi connectivity index (χ1v) is 6.74. The number of carbonyl (C=O) groups is 1. The van der Waals surface area contributed by atoms with Crippen molar-refractivity contribution < 1.29 is 4.79 Å². The number of benzene rings is 1. The van der Waals surface area contributed by atoms with Gasteiger partial charge in [-0.05, 0) is 24.1 Å². The minimum Gasteiger partial charge on any atom is -0.327 e. The number of nitriles is 1. The van der Waals surface area contributed by atoms with Crippen molar-refractivity contribution in [2.75, 3.05) is 0 Å². The second-order valence-corrected chi connectivity index (χ2v) is 4.98. The highest BCUT2D eigenvalue weighted by Crippen LogP contribution is 2.06. The van der Waals surface area contributed by atoms with E-state index in [9.17, 15) is 4.79 Å². The Morgan fingerprint density at radius 1 is 1.42 bits per heavy atom. The second kappa shape index (κ2) is 6.12. The second-order valence-electron chi connectivity index (χ2n) is 4.11. The van der Waals surface area contributed by atoms with Gasteiger partial charge >= 0.3 is 0 Å². The van der Waals surface area contributed by atoms with Crippen LogP contribution in [-0.4, -0.2) is 10.5 Å². The van der Waals surface area contributed by atoms with Crippen LogP contribution >= 0.6 is 11.3 Å². The zero-order valence-electron chi connectivity index (χ0n) is 10.5. The molecule has 1 aromatic heterocycles. The first-order valence-electron chi connectivity index (χ1n) is 5.86. The minimum absolute atomic E-state index is 0.123. The predicted molar refractivity (Wildman–Crippen MR) is 73.3 cm³/mol. The molecule has 0 N–H and O–H groups in total. The third-order valence-corrected chi connectivity index (χ3v) is 3.54. The van der Waals surface area contributed by atoms with Crippen LogP contribution in [0.25, 0.3) is 0 Å². The largest absolute Gasteiger partial charge is 0.327 e. The normalized spacial score (nSPS) is 11.3. The predicted octanol–water partition coefficient (Wildman–Crippen LogP) is 2.02. The maximum Gasteiger partial charge on any atom is 0.248 e. The monoisotopic (exact) mass is 271 g/mol. The highest BCUT2D eigenvalue weighted by Gasteiger charge is 2.02. The number of amides is 1. The molecule has 0 bridgehead atoms. The molecule has 96 valence electrons. The van der Waals surface area contributed by atoms with Gasteiger partial charge in [0, 0.05) is 25.0 Å². The van der Waals surface area contributed by atoms with Crippen LogP contribution in [0.4, 0.5) is 0 Å². The maximum absolute atomic E-state index is 11.7. The third kappa shape index (κ3) is 3.63. The van der Waals surface area contributed by atoms with E-state index in [1.165, 1.54) is 11.3 Å². The lowest BCUT2D eigenvalue weighted by molar-refractivity contribution is -0.118. The number of carbonyl (C=O) groups excluding carboxylic acids is 1. The van der Waals surface area contributed by atoms with Crippen LogP contribution in [-0.2, 0) is 18.3 Å². The fraction of sp³-hybridized carbons (Fsp3) is 0.214. The van der Waals surface area contributed by atoms with Gasteiger partial charge in [0.2, 0.25) is 5.91 Å². The van der Waals surface area contributed by atoms with Crippen molar-refractivity contribution in [3.63, 3.8) is 0 Å². The molecule has 0 aliphatic heterocycles. The van der Waals surface area contributed by atoms with Gasteiger partial charge in [-0.25, -0.2) is 0 Å². The molecule has 0 saturated carbocycles. The summed E-state index contributed by atoms with van der Waals surface area (Å²) in [6, 6.07) is 9.33. The molecule has 0 aliphatic carbocycles. The van der Waals surface area contributed by atoms with Gasteiger partial charge in [-0.1, -0.05) is 12.1 Å². The summed E-state index contributed by atoms with van der Waals surface area (Å²) >= 11 is 1.44. The van der Waals surface area contributed by atoms with E-state index >= 15 is 0 Å². The number of nitrogens with zero attached hydrogens (tertiary/aromatic N) is 3. The van der Waals surface area contributed by atoms with E-state index in [1.54, 1.807) is 12.1 Å². The topological polar surface area (TPSA) is 58.1 Å². The molecule has 5 heteroatoms. The number of hydrogen-bond donors (Lipinski definition) is 0. The molecule has 0 saturated heterocycles. The van der Waals surface area contributed by atoms with Gasteiger partial charge in [-0.15, -0.1) is 11.3 Å². The van der Waals surface area contributed by atoms with Gasteiger partial charge in [0.1, 0.15) is 0 Å². The number of thiazole rings is 1. The molecule has 1 heterocycles. The van der Waals surface area contributed by atoms with Gasteiger partial charge in [0.05, 0.1) is 11.6 Å². The van der Waals surface area contributed by atoms with Gasteiger partial charge in [0.25, 0.3) is 0 Å². The Morgan fingerprint density at radius 3 is 2.74 bits per heavy atom. The van der Waals surface area contributed by atoms with Crippen LogP contribution in [0.1, 0.15) is 17.5 Å². The average molecular weight is 271 g/mol. The quantitative estimate of drug-likeness (QED) is 0.857. The molecule has 0 unspecified atom stereocenters. The summed E-state index contributed by atoms with van der Waals surface area (Å²) in [4.78, 5) is 16.5. The van der Waals surface area contributed by atoms with Crippen molar-refractivity contribution in [3.05, 3.63) is 51.8 Å². The van der Waals surface area contributed by atoms with Crippen LogP contribution in [0.3, 0.4) is 0 Å². The molecule has 0 aliphatic rings. The Bertz CT molecular complexity index is 674. The molecule has 0 spiro atoms. The average Bonchev–Trinajstić information content (AvgIpc) is 2.82. The summed E-state index contributed by atoms with van der Waals surface area (Å²) in [5.41, 5.74) is 1.67. The lowest BCUT2D eigenvalue weighted by Crippen LogP contribution is -2.12. The number of aryl methyl sites for hydroxylation is 2. The summed E-state index contributed by atoms with van der Waals surface area (Å²) in [6.07, 6.45) is 2.89. The molecular weight excluding hydrogens is 258 g/mol. The van der Waals surface area contributed by atoms with Gasteiger partial charge in [0.15, 0.2) is 4.80 Å². The lowest BCUT2D eigenvalue weighted by Gasteiger charge is -1.98. The summed E-state index contributed by atoms with van der Waals surface area (Å²) in [5.74, 6) is -0.123. The van der Waals surface area contributed by atoms with E-state index in [4.69, 9.17) is 5.26 Å². The van der Waals surface area contributed by atoms with Crippen molar-refractivity contribution >= 4 is 17.2 Å². The molecular formula is C14H13N3OS. The van der Waals surface area contributed by atoms with E-state index in [1.807, 2.05) is 35.3 Å². The molecule has 19 heavy (non-hydrogen) atoms. The molecule has 2 aromatic rings. The van der Waals surface area contributed by atoms with Crippen molar-refractivity contribution in [2.24, 2.45) is 12.0 Å². The standard InChI is InChI=1S/C14H13N3OS/c1-17-8-9-19-14(17)16-13(18)7-6-11-2-4-12(10-15)5-3-11/h2-5,8-9H,6-7H2,1H3. The minimum atomic E-state index is -0.123. The Morgan fingerprint density at radius 2 is 2.16 bits per heavy atom. The summed E-state index contributed by atoms with van der Waals surface area (Å²) < 4.78 is 1.82. The molecule has 0 radical (unpaired) electrons. The van der Waals surface area contributed by atoms with E-state index < -0.39 is 0 Å². The molecule has 0 fully saturated rings. The zero-order chi connectivity index (χ0) is 13.7. The van der Waals surface area contributed by atoms with Crippen molar-refractivity contribution in [2.45, 2.75) is 12.8 Å². The Labute approximate surface area is 115 Å². The molecule has 2 rings (SSSR count). The highest BCUT2D eigenvalue weighted by atomic mass is 32.1. The van der Waals surface area contributed by atoms with Crippen LogP contribution in [0.5, 0.6) is 0 Å². The van der Waals surface area contributed by atoms with Gasteiger partial charge < -0.3 is 4.57 Å². The van der Waals surface area contributed by atoms with E-state index in [0.29, 0.717) is 23.2 Å². The number of rotatable bonds is 3. The lowest BCUT2D eigenvalue weighted by atomic mass is 10.1. The maximum atomic E-state index is 11.7. The van der Waals surface area contributed by atoms with E-state index in [2.05, 4.69) is 11.1 Å². The SMILES string of the molecule is Cn1ccsc1=NC(=O)CCc1ccc(C#N)cc1. The van der Waals surface area contributed by atoms with Gasteiger partial charge in [-0.3, -0.25) is 4.79 Å². The van der Waals surface area contributed by atoms with Crippen LogP contribution in [0.2, 0.25) is 0 Å². The molecule has 1 aromatic carbocycles. The number of hydrogen-bond acceptors (Lipinski definition) is 3. The smallest absolute Gasteiger partial charge is 0.248 e. The molecule has 4 nitrogen and oxygen atoms in total. The number of aromatic nitrogens is 1. The first kappa shape index (κ1) is 13.2. The van der Waals surface area contributed by atoms with Crippen molar-refractivity contribution in [3.8, 4) is 6.07 Å². The van der Waals surface area contributed by atoms with E-state index in [0.717, 1.165) is 5.56 Å². The van der Waals surface area contributed by atoms with E-state index in [-0.39, 0.29) is 5.91 Å². The van der Waals surface area contributed by atoms with Crippen LogP contribution < -0.4 is 4.80 Å².